The lowest BCUT2D eigenvalue weighted by molar-refractivity contribution is 0.0274. The van der Waals surface area contributed by atoms with Crippen LogP contribution in [0.5, 0.6) is 23.0 Å². The molecule has 4 aromatic rings. The van der Waals surface area contributed by atoms with Gasteiger partial charge in [-0.2, -0.15) is 0 Å². The maximum Gasteiger partial charge on any atom is 0.146 e. The van der Waals surface area contributed by atoms with Gasteiger partial charge in [0.25, 0.3) is 0 Å². The van der Waals surface area contributed by atoms with Crippen LogP contribution in [0.4, 0.5) is 22.7 Å². The van der Waals surface area contributed by atoms with Crippen molar-refractivity contribution in [2.24, 2.45) is 20.5 Å². The van der Waals surface area contributed by atoms with E-state index < -0.39 is 0 Å². The predicted molar refractivity (Wildman–Crippen MR) is 243 cm³/mol. The Morgan fingerprint density at radius 3 is 1.08 bits per heavy atom. The van der Waals surface area contributed by atoms with Crippen LogP contribution in [0.2, 0.25) is 0 Å². The van der Waals surface area contributed by atoms with Crippen molar-refractivity contribution in [2.45, 2.75) is 104 Å². The molecule has 0 spiro atoms. The maximum absolute atomic E-state index is 6.18. The van der Waals surface area contributed by atoms with E-state index in [-0.39, 0.29) is 0 Å². The van der Waals surface area contributed by atoms with Crippen molar-refractivity contribution in [3.8, 4) is 23.0 Å². The normalized spacial score (nSPS) is 14.9. The topological polar surface area (TPSA) is 114 Å². The Kier molecular flexibility index (Phi) is 22.8. The summed E-state index contributed by atoms with van der Waals surface area (Å²) in [6.07, 6.45) is 16.9. The monoisotopic (exact) mass is 837 g/mol. The molecule has 0 N–H and O–H groups in total. The zero-order chi connectivity index (χ0) is 42.4. The van der Waals surface area contributed by atoms with Gasteiger partial charge in [0.05, 0.1) is 39.6 Å². The Morgan fingerprint density at radius 1 is 0.344 bits per heavy atom. The molecule has 1 heterocycles. The second kappa shape index (κ2) is 29.4. The van der Waals surface area contributed by atoms with Crippen molar-refractivity contribution in [3.05, 3.63) is 96.1 Å². The second-order valence-corrected chi connectivity index (χ2v) is 15.2. The summed E-state index contributed by atoms with van der Waals surface area (Å²) in [5.41, 5.74) is 5.02. The Morgan fingerprint density at radius 2 is 0.672 bits per heavy atom. The van der Waals surface area contributed by atoms with Crippen LogP contribution >= 0.6 is 0 Å². The number of benzene rings is 4. The van der Waals surface area contributed by atoms with E-state index in [1.807, 2.05) is 60.7 Å². The third-order valence-electron chi connectivity index (χ3n) is 10.3. The number of ether oxygens (including phenoxy) is 7. The molecule has 1 aliphatic heterocycles. The molecule has 0 radical (unpaired) electrons. The molecule has 0 aromatic heterocycles. The van der Waals surface area contributed by atoms with Crippen LogP contribution in [0.3, 0.4) is 0 Å². The smallest absolute Gasteiger partial charge is 0.146 e. The lowest BCUT2D eigenvalue weighted by Crippen LogP contribution is -2.13. The summed E-state index contributed by atoms with van der Waals surface area (Å²) in [5.74, 6) is 2.55. The van der Waals surface area contributed by atoms with Crippen molar-refractivity contribution in [2.75, 3.05) is 66.1 Å². The molecule has 0 atom stereocenters. The summed E-state index contributed by atoms with van der Waals surface area (Å²) in [4.78, 5) is 0. The van der Waals surface area contributed by atoms with Gasteiger partial charge in [-0.15, -0.1) is 20.5 Å². The van der Waals surface area contributed by atoms with E-state index in [1.165, 1.54) is 75.3 Å². The number of azo groups is 2. The fourth-order valence-corrected chi connectivity index (χ4v) is 6.86. The van der Waals surface area contributed by atoms with Crippen molar-refractivity contribution in [1.82, 2.24) is 0 Å². The fraction of sp³-hybridized carbons (Fsp3) is 0.520. The summed E-state index contributed by atoms with van der Waals surface area (Å²) in [7, 11) is 0. The van der Waals surface area contributed by atoms with Crippen molar-refractivity contribution in [3.63, 3.8) is 0 Å². The van der Waals surface area contributed by atoms with Gasteiger partial charge in [-0.1, -0.05) is 114 Å². The SMILES string of the molecule is CCCCCCCCc1ccc2c(c1)N=Nc1ccccc1OCCOCCOc1ccccc1N=Nc1cc(CCCCCCCC)ccc1OCCOCCOCCO2. The van der Waals surface area contributed by atoms with Gasteiger partial charge in [0.2, 0.25) is 0 Å². The molecule has 61 heavy (non-hydrogen) atoms. The van der Waals surface area contributed by atoms with Crippen LogP contribution in [-0.2, 0) is 27.1 Å². The van der Waals surface area contributed by atoms with Gasteiger partial charge in [-0.3, -0.25) is 0 Å². The first-order valence-electron chi connectivity index (χ1n) is 22.7. The van der Waals surface area contributed by atoms with Gasteiger partial charge in [-0.05, 0) is 85.3 Å². The van der Waals surface area contributed by atoms with Crippen LogP contribution in [0.1, 0.15) is 102 Å². The number of hydrogen-bond acceptors (Lipinski definition) is 11. The number of nitrogens with zero attached hydrogens (tertiary/aromatic N) is 4. The maximum atomic E-state index is 6.18. The Hall–Kier alpha value is -4.84. The summed E-state index contributed by atoms with van der Waals surface area (Å²) in [6.45, 7) is 8.33. The van der Waals surface area contributed by atoms with E-state index in [0.717, 1.165) is 25.7 Å². The van der Waals surface area contributed by atoms with E-state index in [9.17, 15) is 0 Å². The van der Waals surface area contributed by atoms with Crippen LogP contribution in [0.25, 0.3) is 0 Å². The van der Waals surface area contributed by atoms with Gasteiger partial charge in [0, 0.05) is 0 Å². The highest BCUT2D eigenvalue weighted by Crippen LogP contribution is 2.35. The average molecular weight is 837 g/mol. The Balaban J connectivity index is 1.24. The minimum atomic E-state index is 0.340. The molecule has 0 saturated carbocycles. The van der Waals surface area contributed by atoms with Crippen LogP contribution in [-0.4, -0.2) is 66.1 Å². The largest absolute Gasteiger partial charge is 0.489 e. The number of fused-ring (bicyclic) bond motifs is 4. The predicted octanol–water partition coefficient (Wildman–Crippen LogP) is 13.6. The van der Waals surface area contributed by atoms with Gasteiger partial charge < -0.3 is 33.2 Å². The van der Waals surface area contributed by atoms with Crippen molar-refractivity contribution in [1.29, 1.82) is 0 Å². The zero-order valence-electron chi connectivity index (χ0n) is 36.7. The number of para-hydroxylation sites is 2. The molecule has 5 rings (SSSR count). The number of aryl methyl sites for hydroxylation is 2. The molecule has 0 bridgehead atoms. The molecule has 0 fully saturated rings. The molecular formula is C50H68N4O7. The second-order valence-electron chi connectivity index (χ2n) is 15.2. The first kappa shape index (κ1) is 47.2. The number of rotatable bonds is 14. The lowest BCUT2D eigenvalue weighted by Gasteiger charge is -2.12. The van der Waals surface area contributed by atoms with Gasteiger partial charge >= 0.3 is 0 Å². The minimum Gasteiger partial charge on any atom is -0.489 e. The van der Waals surface area contributed by atoms with Gasteiger partial charge in [-0.25, -0.2) is 0 Å². The highest BCUT2D eigenvalue weighted by atomic mass is 16.6. The molecule has 1 aliphatic rings. The molecule has 0 unspecified atom stereocenters. The van der Waals surface area contributed by atoms with Crippen molar-refractivity contribution < 1.29 is 33.2 Å². The van der Waals surface area contributed by atoms with Crippen LogP contribution < -0.4 is 18.9 Å². The fourth-order valence-electron chi connectivity index (χ4n) is 6.86. The molecular weight excluding hydrogens is 769 g/mol. The first-order valence-corrected chi connectivity index (χ1v) is 22.7. The quantitative estimate of drug-likeness (QED) is 0.116. The zero-order valence-corrected chi connectivity index (χ0v) is 36.7. The number of hydrogen-bond donors (Lipinski definition) is 0. The molecule has 11 heteroatoms. The van der Waals surface area contributed by atoms with E-state index >= 15 is 0 Å². The third kappa shape index (κ3) is 18.4. The van der Waals surface area contributed by atoms with E-state index in [0.29, 0.717) is 112 Å². The summed E-state index contributed by atoms with van der Waals surface area (Å²) in [5, 5.41) is 18.6. The highest BCUT2D eigenvalue weighted by molar-refractivity contribution is 5.57. The summed E-state index contributed by atoms with van der Waals surface area (Å²) < 4.78 is 42.1. The Labute approximate surface area is 364 Å². The lowest BCUT2D eigenvalue weighted by atomic mass is 10.0. The Bertz CT molecular complexity index is 1740. The average Bonchev–Trinajstić information content (AvgIpc) is 3.28. The molecule has 330 valence electrons. The van der Waals surface area contributed by atoms with Crippen LogP contribution in [0, 0.1) is 0 Å². The third-order valence-corrected chi connectivity index (χ3v) is 10.3. The van der Waals surface area contributed by atoms with E-state index in [1.54, 1.807) is 0 Å². The minimum absolute atomic E-state index is 0.340. The highest BCUT2D eigenvalue weighted by Gasteiger charge is 2.11. The number of unbranched alkanes of at least 4 members (excludes halogenated alkanes) is 10. The van der Waals surface area contributed by atoms with Gasteiger partial charge in [0.15, 0.2) is 0 Å². The van der Waals surface area contributed by atoms with Crippen molar-refractivity contribution >= 4 is 22.7 Å². The molecule has 4 aromatic carbocycles. The summed E-state index contributed by atoms with van der Waals surface area (Å²) >= 11 is 0. The first-order chi connectivity index (χ1) is 30.2. The van der Waals surface area contributed by atoms with Crippen LogP contribution in [0.15, 0.2) is 105 Å². The van der Waals surface area contributed by atoms with Gasteiger partial charge in [0.1, 0.15) is 72.2 Å². The summed E-state index contributed by atoms with van der Waals surface area (Å²) in [6, 6.07) is 27.6. The standard InChI is InChI=1S/C50H68N4O7/c1-3-5-7-9-11-13-19-41-25-27-49-45(39-41)53-51-43-21-15-17-23-47(43)58-35-33-57-34-36-59-48-24-18-16-22-44(48)52-54-46-40-42(20-14-12-10-8-6-4-2)26-28-50(46)61-38-32-56-30-29-55-31-37-60-49/h15-18,21-28,39-40H,3-14,19-20,29-38H2,1-2H3. The molecule has 0 amide bonds. The molecule has 0 saturated heterocycles. The van der Waals surface area contributed by atoms with E-state index in [4.69, 9.17) is 33.2 Å². The van der Waals surface area contributed by atoms with E-state index in [2.05, 4.69) is 58.6 Å². The molecule has 11 nitrogen and oxygen atoms in total. The molecule has 0 aliphatic carbocycles.